The minimum absolute atomic E-state index is 0.0651. The van der Waals surface area contributed by atoms with Crippen LogP contribution in [0.3, 0.4) is 0 Å². The van der Waals surface area contributed by atoms with Crippen LogP contribution in [-0.4, -0.2) is 35.3 Å². The van der Waals surface area contributed by atoms with E-state index in [0.717, 1.165) is 11.4 Å². The number of rotatable bonds is 8. The van der Waals surface area contributed by atoms with E-state index in [9.17, 15) is 9.59 Å². The Balaban J connectivity index is 2.54. The number of carboxylic acid groups (broad SMARTS) is 2. The van der Waals surface area contributed by atoms with Gasteiger partial charge < -0.3 is 20.3 Å². The average Bonchev–Trinajstić information content (AvgIpc) is 2.36. The van der Waals surface area contributed by atoms with E-state index in [2.05, 4.69) is 5.32 Å². The smallest absolute Gasteiger partial charge is 0.308 e. The number of nitrogens with one attached hydrogen (secondary N) is 1. The Hall–Kier alpha value is -2.24. The molecule has 0 aromatic heterocycles. The van der Waals surface area contributed by atoms with E-state index < -0.39 is 24.3 Å². The van der Waals surface area contributed by atoms with Crippen molar-refractivity contribution in [3.63, 3.8) is 0 Å². The fourth-order valence-electron chi connectivity index (χ4n) is 1.53. The van der Waals surface area contributed by atoms with Crippen LogP contribution in [0.1, 0.15) is 13.3 Å². The third-order valence-electron chi connectivity index (χ3n) is 2.49. The van der Waals surface area contributed by atoms with Crippen molar-refractivity contribution in [2.24, 2.45) is 5.92 Å². The first kappa shape index (κ1) is 14.8. The molecule has 1 aromatic carbocycles. The fraction of sp³-hybridized carbons (Fsp3) is 0.385. The van der Waals surface area contributed by atoms with E-state index in [1.807, 2.05) is 6.92 Å². The molecule has 1 aromatic rings. The van der Waals surface area contributed by atoms with Crippen molar-refractivity contribution in [3.05, 3.63) is 24.3 Å². The molecule has 0 unspecified atom stereocenters. The number of aliphatic carboxylic acids is 2. The number of hydrogen-bond acceptors (Lipinski definition) is 4. The lowest BCUT2D eigenvalue weighted by molar-refractivity contribution is -0.147. The molecule has 0 saturated heterocycles. The largest absolute Gasteiger partial charge is 0.494 e. The van der Waals surface area contributed by atoms with Gasteiger partial charge in [0.05, 0.1) is 18.9 Å². The molecule has 0 aliphatic heterocycles. The van der Waals surface area contributed by atoms with Crippen LogP contribution in [0, 0.1) is 5.92 Å². The van der Waals surface area contributed by atoms with Crippen molar-refractivity contribution in [2.45, 2.75) is 13.3 Å². The van der Waals surface area contributed by atoms with Gasteiger partial charge in [-0.05, 0) is 31.2 Å². The maximum Gasteiger partial charge on any atom is 0.308 e. The zero-order chi connectivity index (χ0) is 14.3. The summed E-state index contributed by atoms with van der Waals surface area (Å²) in [5, 5.41) is 20.4. The highest BCUT2D eigenvalue weighted by molar-refractivity contribution is 5.78. The Kier molecular flexibility index (Phi) is 5.66. The number of carbonyl (C=O) groups is 2. The zero-order valence-corrected chi connectivity index (χ0v) is 10.6. The molecule has 0 bridgehead atoms. The highest BCUT2D eigenvalue weighted by Gasteiger charge is 2.20. The van der Waals surface area contributed by atoms with Gasteiger partial charge in [0, 0.05) is 12.2 Å². The third kappa shape index (κ3) is 5.29. The zero-order valence-electron chi connectivity index (χ0n) is 10.6. The summed E-state index contributed by atoms with van der Waals surface area (Å²) in [6.07, 6.45) is -0.403. The second-order valence-electron chi connectivity index (χ2n) is 3.97. The van der Waals surface area contributed by atoms with Crippen molar-refractivity contribution >= 4 is 17.6 Å². The molecule has 6 nitrogen and oxygen atoms in total. The first-order valence-electron chi connectivity index (χ1n) is 5.94. The van der Waals surface area contributed by atoms with E-state index in [1.165, 1.54) is 0 Å². The molecule has 0 aliphatic rings. The van der Waals surface area contributed by atoms with Crippen LogP contribution >= 0.6 is 0 Å². The Bertz CT molecular complexity index is 429. The van der Waals surface area contributed by atoms with Crippen molar-refractivity contribution in [3.8, 4) is 5.75 Å². The van der Waals surface area contributed by atoms with Crippen LogP contribution in [0.2, 0.25) is 0 Å². The van der Waals surface area contributed by atoms with Gasteiger partial charge in [0.2, 0.25) is 0 Å². The second kappa shape index (κ2) is 7.25. The molecular weight excluding hydrogens is 250 g/mol. The summed E-state index contributed by atoms with van der Waals surface area (Å²) in [5.41, 5.74) is 0.722. The molecule has 104 valence electrons. The summed E-state index contributed by atoms with van der Waals surface area (Å²) in [5.74, 6) is -2.47. The van der Waals surface area contributed by atoms with Crippen LogP contribution < -0.4 is 10.1 Å². The molecule has 0 saturated carbocycles. The molecule has 1 atom stereocenters. The van der Waals surface area contributed by atoms with Gasteiger partial charge in [-0.2, -0.15) is 0 Å². The van der Waals surface area contributed by atoms with Gasteiger partial charge in [0.25, 0.3) is 0 Å². The molecule has 0 amide bonds. The van der Waals surface area contributed by atoms with Crippen LogP contribution in [0.5, 0.6) is 5.75 Å². The number of hydrogen-bond donors (Lipinski definition) is 3. The van der Waals surface area contributed by atoms with Crippen LogP contribution in [-0.2, 0) is 9.59 Å². The quantitative estimate of drug-likeness (QED) is 0.663. The van der Waals surface area contributed by atoms with Crippen molar-refractivity contribution in [1.82, 2.24) is 0 Å². The maximum absolute atomic E-state index is 10.9. The first-order chi connectivity index (χ1) is 9.02. The molecule has 0 radical (unpaired) electrons. The standard InChI is InChI=1S/C13H17NO5/c1-2-19-11-5-3-10(4-6-11)14-8-9(13(17)18)7-12(15)16/h3-6,9,14H,2,7-8H2,1H3,(H,15,16)(H,17,18)/t9-/m0/s1. The highest BCUT2D eigenvalue weighted by atomic mass is 16.5. The lowest BCUT2D eigenvalue weighted by atomic mass is 10.1. The summed E-state index contributed by atoms with van der Waals surface area (Å²) in [6.45, 7) is 2.53. The Morgan fingerprint density at radius 3 is 2.37 bits per heavy atom. The molecule has 0 spiro atoms. The van der Waals surface area contributed by atoms with Gasteiger partial charge in [-0.15, -0.1) is 0 Å². The SMILES string of the molecule is CCOc1ccc(NC[C@H](CC(=O)O)C(=O)O)cc1. The first-order valence-corrected chi connectivity index (χ1v) is 5.94. The van der Waals surface area contributed by atoms with Crippen LogP contribution in [0.25, 0.3) is 0 Å². The number of carboxylic acids is 2. The predicted molar refractivity (Wildman–Crippen MR) is 69.5 cm³/mol. The third-order valence-corrected chi connectivity index (χ3v) is 2.49. The second-order valence-corrected chi connectivity index (χ2v) is 3.97. The maximum atomic E-state index is 10.9. The van der Waals surface area contributed by atoms with Crippen LogP contribution in [0.15, 0.2) is 24.3 Å². The van der Waals surface area contributed by atoms with Gasteiger partial charge in [0.15, 0.2) is 0 Å². The summed E-state index contributed by atoms with van der Waals surface area (Å²) in [6, 6.07) is 7.03. The van der Waals surface area contributed by atoms with Gasteiger partial charge in [-0.25, -0.2) is 0 Å². The summed E-state index contributed by atoms with van der Waals surface area (Å²) >= 11 is 0. The molecule has 6 heteroatoms. The lowest BCUT2D eigenvalue weighted by Crippen LogP contribution is -2.25. The van der Waals surface area contributed by atoms with Gasteiger partial charge in [-0.1, -0.05) is 0 Å². The Morgan fingerprint density at radius 2 is 1.89 bits per heavy atom. The van der Waals surface area contributed by atoms with Crippen molar-refractivity contribution < 1.29 is 24.5 Å². The number of benzene rings is 1. The summed E-state index contributed by atoms with van der Waals surface area (Å²) in [4.78, 5) is 21.4. The van der Waals surface area contributed by atoms with E-state index in [1.54, 1.807) is 24.3 Å². The topological polar surface area (TPSA) is 95.9 Å². The lowest BCUT2D eigenvalue weighted by Gasteiger charge is -2.12. The Morgan fingerprint density at radius 1 is 1.26 bits per heavy atom. The highest BCUT2D eigenvalue weighted by Crippen LogP contribution is 2.16. The molecule has 0 heterocycles. The molecule has 0 aliphatic carbocycles. The molecular formula is C13H17NO5. The van der Waals surface area contributed by atoms with E-state index in [4.69, 9.17) is 14.9 Å². The molecule has 0 fully saturated rings. The summed E-state index contributed by atoms with van der Waals surface area (Å²) < 4.78 is 5.28. The monoisotopic (exact) mass is 267 g/mol. The van der Waals surface area contributed by atoms with E-state index in [0.29, 0.717) is 6.61 Å². The van der Waals surface area contributed by atoms with E-state index in [-0.39, 0.29) is 6.54 Å². The fourth-order valence-corrected chi connectivity index (χ4v) is 1.53. The summed E-state index contributed by atoms with van der Waals surface area (Å²) in [7, 11) is 0. The van der Waals surface area contributed by atoms with Crippen molar-refractivity contribution in [2.75, 3.05) is 18.5 Å². The molecule has 3 N–H and O–H groups in total. The molecule has 19 heavy (non-hydrogen) atoms. The number of ether oxygens (including phenoxy) is 1. The normalized spacial score (nSPS) is 11.6. The van der Waals surface area contributed by atoms with E-state index >= 15 is 0 Å². The Labute approximate surface area is 111 Å². The van der Waals surface area contributed by atoms with Crippen molar-refractivity contribution in [1.29, 1.82) is 0 Å². The minimum Gasteiger partial charge on any atom is -0.494 e. The number of anilines is 1. The van der Waals surface area contributed by atoms with Crippen LogP contribution in [0.4, 0.5) is 5.69 Å². The van der Waals surface area contributed by atoms with Gasteiger partial charge >= 0.3 is 11.9 Å². The van der Waals surface area contributed by atoms with Gasteiger partial charge in [-0.3, -0.25) is 9.59 Å². The van der Waals surface area contributed by atoms with Gasteiger partial charge in [0.1, 0.15) is 5.75 Å². The minimum atomic E-state index is -1.12. The molecule has 1 rings (SSSR count). The predicted octanol–water partition coefficient (Wildman–Crippen LogP) is 1.67. The average molecular weight is 267 g/mol.